The Morgan fingerprint density at radius 3 is 3.06 bits per heavy atom. The summed E-state index contributed by atoms with van der Waals surface area (Å²) in [4.78, 5) is 10.6. The molecule has 0 spiro atoms. The van der Waals surface area contributed by atoms with Crippen LogP contribution in [0.15, 0.2) is 42.2 Å². The lowest BCUT2D eigenvalue weighted by atomic mass is 10.3. The van der Waals surface area contributed by atoms with Crippen LogP contribution in [-0.2, 0) is 6.54 Å². The van der Waals surface area contributed by atoms with Crippen molar-refractivity contribution in [3.8, 4) is 0 Å². The van der Waals surface area contributed by atoms with Gasteiger partial charge in [-0.25, -0.2) is 0 Å². The van der Waals surface area contributed by atoms with Gasteiger partial charge in [0.05, 0.1) is 6.54 Å². The van der Waals surface area contributed by atoms with Crippen LogP contribution in [-0.4, -0.2) is 34.9 Å². The van der Waals surface area contributed by atoms with Crippen LogP contribution in [0.4, 0.5) is 0 Å². The smallest absolute Gasteiger partial charge is 0.159 e. The highest BCUT2D eigenvalue weighted by molar-refractivity contribution is 8.13. The normalized spacial score (nSPS) is 11.2. The first-order valence-corrected chi connectivity index (χ1v) is 6.29. The van der Waals surface area contributed by atoms with E-state index in [0.29, 0.717) is 6.54 Å². The maximum absolute atomic E-state index is 4.42. The van der Waals surface area contributed by atoms with E-state index in [0.717, 1.165) is 11.7 Å². The van der Waals surface area contributed by atoms with Gasteiger partial charge in [0.25, 0.3) is 0 Å². The molecule has 0 saturated carbocycles. The quantitative estimate of drug-likeness (QED) is 0.456. The average Bonchev–Trinajstić information content (AvgIpc) is 2.31. The van der Waals surface area contributed by atoms with Crippen molar-refractivity contribution in [3.63, 3.8) is 0 Å². The van der Waals surface area contributed by atoms with Crippen LogP contribution in [0.25, 0.3) is 0 Å². The minimum absolute atomic E-state index is 0.660. The Balaban J connectivity index is 2.62. The van der Waals surface area contributed by atoms with E-state index in [1.54, 1.807) is 24.0 Å². The van der Waals surface area contributed by atoms with E-state index < -0.39 is 0 Å². The van der Waals surface area contributed by atoms with Crippen LogP contribution >= 0.6 is 11.8 Å². The number of hydrogen-bond donors (Lipinski definition) is 0. The lowest BCUT2D eigenvalue weighted by molar-refractivity contribution is 0.508. The minimum atomic E-state index is 0.660. The molecule has 0 aliphatic rings. The summed E-state index contributed by atoms with van der Waals surface area (Å²) in [6.07, 6.45) is 7.49. The third-order valence-corrected chi connectivity index (χ3v) is 2.81. The molecule has 0 aromatic carbocycles. The Morgan fingerprint density at radius 1 is 1.69 bits per heavy atom. The van der Waals surface area contributed by atoms with Crippen molar-refractivity contribution in [3.05, 3.63) is 42.7 Å². The first-order valence-electron chi connectivity index (χ1n) is 5.07. The second kappa shape index (κ2) is 7.06. The highest BCUT2D eigenvalue weighted by atomic mass is 32.2. The zero-order valence-electron chi connectivity index (χ0n) is 9.76. The topological polar surface area (TPSA) is 28.5 Å². The van der Waals surface area contributed by atoms with Gasteiger partial charge in [-0.05, 0) is 17.9 Å². The van der Waals surface area contributed by atoms with Crippen LogP contribution in [0, 0.1) is 0 Å². The molecule has 0 saturated heterocycles. The molecule has 1 heterocycles. The molecule has 0 bridgehead atoms. The van der Waals surface area contributed by atoms with E-state index in [1.165, 1.54) is 5.56 Å². The number of hydrogen-bond acceptors (Lipinski definition) is 3. The average molecular weight is 235 g/mol. The summed E-state index contributed by atoms with van der Waals surface area (Å²) in [7, 11) is 2.03. The van der Waals surface area contributed by atoms with Gasteiger partial charge in [0.1, 0.15) is 0 Å². The largest absolute Gasteiger partial charge is 0.350 e. The lowest BCUT2D eigenvalue weighted by Crippen LogP contribution is -2.23. The first-order chi connectivity index (χ1) is 7.77. The maximum Gasteiger partial charge on any atom is 0.159 e. The molecule has 1 rings (SSSR count). The van der Waals surface area contributed by atoms with Crippen molar-refractivity contribution < 1.29 is 0 Å². The Kier molecular flexibility index (Phi) is 5.64. The van der Waals surface area contributed by atoms with Crippen LogP contribution < -0.4 is 0 Å². The molecule has 0 N–H and O–H groups in total. The number of thioether (sulfide) groups is 1. The molecule has 0 aliphatic carbocycles. The summed E-state index contributed by atoms with van der Waals surface area (Å²) >= 11 is 1.64. The molecule has 0 atom stereocenters. The number of pyridine rings is 1. The van der Waals surface area contributed by atoms with Gasteiger partial charge < -0.3 is 4.90 Å². The molecule has 16 heavy (non-hydrogen) atoms. The van der Waals surface area contributed by atoms with E-state index in [2.05, 4.69) is 27.5 Å². The summed E-state index contributed by atoms with van der Waals surface area (Å²) in [5.41, 5.74) is 1.19. The van der Waals surface area contributed by atoms with Gasteiger partial charge >= 0.3 is 0 Å². The van der Waals surface area contributed by atoms with Gasteiger partial charge in [-0.2, -0.15) is 0 Å². The number of aliphatic imine (C=N–C) groups is 1. The van der Waals surface area contributed by atoms with Crippen molar-refractivity contribution in [2.75, 3.05) is 19.8 Å². The Labute approximate surface area is 101 Å². The summed E-state index contributed by atoms with van der Waals surface area (Å²) in [5, 5.41) is 1.02. The molecular formula is C12H17N3S. The van der Waals surface area contributed by atoms with Crippen LogP contribution in [0.3, 0.4) is 0 Å². The second-order valence-corrected chi connectivity index (χ2v) is 4.11. The number of aromatic nitrogens is 1. The third kappa shape index (κ3) is 4.06. The van der Waals surface area contributed by atoms with Crippen molar-refractivity contribution >= 4 is 16.9 Å². The molecule has 0 aliphatic heterocycles. The highest BCUT2D eigenvalue weighted by Gasteiger charge is 2.05. The van der Waals surface area contributed by atoms with Crippen molar-refractivity contribution in [1.82, 2.24) is 9.88 Å². The lowest BCUT2D eigenvalue weighted by Gasteiger charge is -2.19. The summed E-state index contributed by atoms with van der Waals surface area (Å²) in [6, 6.07) is 4.01. The molecule has 1 aromatic rings. The number of rotatable bonds is 4. The van der Waals surface area contributed by atoms with Crippen molar-refractivity contribution in [1.29, 1.82) is 0 Å². The fourth-order valence-electron chi connectivity index (χ4n) is 1.32. The number of nitrogens with zero attached hydrogens (tertiary/aromatic N) is 3. The Hall–Kier alpha value is -1.29. The SMILES string of the molecule is C=CCN=C(SC)N(C)Cc1cccnc1. The fourth-order valence-corrected chi connectivity index (χ4v) is 1.90. The summed E-state index contributed by atoms with van der Waals surface area (Å²) in [5.74, 6) is 0. The minimum Gasteiger partial charge on any atom is -0.350 e. The molecule has 4 heteroatoms. The van der Waals surface area contributed by atoms with Gasteiger partial charge in [0.15, 0.2) is 5.17 Å². The second-order valence-electron chi connectivity index (χ2n) is 3.33. The van der Waals surface area contributed by atoms with Gasteiger partial charge in [0.2, 0.25) is 0 Å². The van der Waals surface area contributed by atoms with Crippen LogP contribution in [0.1, 0.15) is 5.56 Å². The molecular weight excluding hydrogens is 218 g/mol. The van der Waals surface area contributed by atoms with E-state index in [-0.39, 0.29) is 0 Å². The predicted octanol–water partition coefficient (Wildman–Crippen LogP) is 2.42. The molecule has 3 nitrogen and oxygen atoms in total. The summed E-state index contributed by atoms with van der Waals surface area (Å²) in [6.45, 7) is 5.15. The van der Waals surface area contributed by atoms with E-state index >= 15 is 0 Å². The third-order valence-electron chi connectivity index (χ3n) is 2.01. The zero-order chi connectivity index (χ0) is 11.8. The number of amidine groups is 1. The predicted molar refractivity (Wildman–Crippen MR) is 71.7 cm³/mol. The van der Waals surface area contributed by atoms with E-state index in [4.69, 9.17) is 0 Å². The Morgan fingerprint density at radius 2 is 2.50 bits per heavy atom. The van der Waals surface area contributed by atoms with E-state index in [9.17, 15) is 0 Å². The van der Waals surface area contributed by atoms with Gasteiger partial charge in [-0.3, -0.25) is 9.98 Å². The monoisotopic (exact) mass is 235 g/mol. The molecule has 0 amide bonds. The zero-order valence-corrected chi connectivity index (χ0v) is 10.6. The molecule has 0 fully saturated rings. The van der Waals surface area contributed by atoms with Crippen molar-refractivity contribution in [2.45, 2.75) is 6.54 Å². The molecule has 0 radical (unpaired) electrons. The van der Waals surface area contributed by atoms with E-state index in [1.807, 2.05) is 25.6 Å². The van der Waals surface area contributed by atoms with Gasteiger partial charge in [-0.15, -0.1) is 6.58 Å². The maximum atomic E-state index is 4.42. The fraction of sp³-hybridized carbons (Fsp3) is 0.333. The standard InChI is InChI=1S/C12H17N3S/c1-4-7-14-12(16-3)15(2)10-11-6-5-8-13-9-11/h4-6,8-9H,1,7,10H2,2-3H3. The van der Waals surface area contributed by atoms with Crippen LogP contribution in [0.5, 0.6) is 0 Å². The highest BCUT2D eigenvalue weighted by Crippen LogP contribution is 2.08. The Bertz CT molecular complexity index is 349. The molecule has 0 unspecified atom stereocenters. The molecule has 1 aromatic heterocycles. The summed E-state index contributed by atoms with van der Waals surface area (Å²) < 4.78 is 0. The van der Waals surface area contributed by atoms with Gasteiger partial charge in [-0.1, -0.05) is 23.9 Å². The molecule has 86 valence electrons. The first kappa shape index (κ1) is 12.8. The van der Waals surface area contributed by atoms with Crippen molar-refractivity contribution in [2.24, 2.45) is 4.99 Å². The van der Waals surface area contributed by atoms with Crippen LogP contribution in [0.2, 0.25) is 0 Å². The van der Waals surface area contributed by atoms with Gasteiger partial charge in [0, 0.05) is 26.0 Å².